The molecule has 2 rings (SSSR count). The minimum Gasteiger partial charge on any atom is -0.339 e. The molecule has 1 N–H and O–H groups in total. The fourth-order valence-electron chi connectivity index (χ4n) is 2.49. The van der Waals surface area contributed by atoms with Gasteiger partial charge in [-0.2, -0.15) is 0 Å². The molecule has 0 spiro atoms. The second-order valence-corrected chi connectivity index (χ2v) is 5.43. The Morgan fingerprint density at radius 3 is 2.68 bits per heavy atom. The lowest BCUT2D eigenvalue weighted by molar-refractivity contribution is 0.0690. The number of nitrogens with one attached hydrogen (secondary N) is 1. The third-order valence-electron chi connectivity index (χ3n) is 3.69. The molecule has 1 aromatic carbocycles. The second-order valence-electron chi connectivity index (χ2n) is 5.02. The van der Waals surface area contributed by atoms with Crippen molar-refractivity contribution in [2.45, 2.75) is 19.8 Å². The number of carbonyl (C=O) groups is 1. The highest BCUT2D eigenvalue weighted by molar-refractivity contribution is 6.33. The van der Waals surface area contributed by atoms with Crippen LogP contribution in [0.2, 0.25) is 5.02 Å². The molecule has 0 atom stereocenters. The lowest BCUT2D eigenvalue weighted by atomic mass is 9.96. The van der Waals surface area contributed by atoms with E-state index in [9.17, 15) is 4.79 Å². The maximum absolute atomic E-state index is 12.4. The van der Waals surface area contributed by atoms with E-state index in [4.69, 9.17) is 11.6 Å². The zero-order chi connectivity index (χ0) is 13.7. The van der Waals surface area contributed by atoms with Gasteiger partial charge in [0, 0.05) is 13.1 Å². The van der Waals surface area contributed by atoms with E-state index in [0.717, 1.165) is 39.0 Å². The number of carbonyl (C=O) groups excluding carboxylic acids is 1. The average Bonchev–Trinajstić information content (AvgIpc) is 2.45. The van der Waals surface area contributed by atoms with Gasteiger partial charge in [-0.05, 0) is 44.0 Å². The minimum absolute atomic E-state index is 0.0625. The lowest BCUT2D eigenvalue weighted by Crippen LogP contribution is -2.40. The van der Waals surface area contributed by atoms with Crippen LogP contribution in [0.4, 0.5) is 0 Å². The van der Waals surface area contributed by atoms with Gasteiger partial charge >= 0.3 is 0 Å². The van der Waals surface area contributed by atoms with E-state index >= 15 is 0 Å². The van der Waals surface area contributed by atoms with E-state index in [1.54, 1.807) is 12.1 Å². The number of likely N-dealkylation sites (tertiary alicyclic amines) is 1. The highest BCUT2D eigenvalue weighted by atomic mass is 35.5. The van der Waals surface area contributed by atoms with Crippen LogP contribution in [-0.2, 0) is 0 Å². The number of halogens is 1. The number of hydrogen-bond acceptors (Lipinski definition) is 2. The molecule has 1 amide bonds. The Kier molecular flexibility index (Phi) is 5.23. The highest BCUT2D eigenvalue weighted by Crippen LogP contribution is 2.21. The van der Waals surface area contributed by atoms with Gasteiger partial charge in [-0.15, -0.1) is 0 Å². The van der Waals surface area contributed by atoms with Crippen molar-refractivity contribution in [3.63, 3.8) is 0 Å². The van der Waals surface area contributed by atoms with Crippen LogP contribution >= 0.6 is 11.6 Å². The monoisotopic (exact) mass is 280 g/mol. The SMILES string of the molecule is CCNCC1CCN(C(=O)c2ccccc2Cl)CC1. The largest absolute Gasteiger partial charge is 0.339 e. The first-order valence-electron chi connectivity index (χ1n) is 6.97. The first-order chi connectivity index (χ1) is 9.22. The van der Waals surface area contributed by atoms with Crippen LogP contribution in [0.25, 0.3) is 0 Å². The van der Waals surface area contributed by atoms with Crippen molar-refractivity contribution in [2.24, 2.45) is 5.92 Å². The third kappa shape index (κ3) is 3.71. The fourth-order valence-corrected chi connectivity index (χ4v) is 2.71. The molecule has 0 radical (unpaired) electrons. The quantitative estimate of drug-likeness (QED) is 0.920. The van der Waals surface area contributed by atoms with Crippen molar-refractivity contribution in [1.82, 2.24) is 10.2 Å². The molecule has 3 nitrogen and oxygen atoms in total. The van der Waals surface area contributed by atoms with Crippen LogP contribution in [0, 0.1) is 5.92 Å². The predicted octanol–water partition coefficient (Wildman–Crippen LogP) is 2.80. The molecule has 1 fully saturated rings. The highest BCUT2D eigenvalue weighted by Gasteiger charge is 2.24. The second kappa shape index (κ2) is 6.92. The number of benzene rings is 1. The molecule has 0 bridgehead atoms. The lowest BCUT2D eigenvalue weighted by Gasteiger charge is -2.32. The van der Waals surface area contributed by atoms with E-state index < -0.39 is 0 Å². The summed E-state index contributed by atoms with van der Waals surface area (Å²) in [5.74, 6) is 0.753. The number of piperidine rings is 1. The molecule has 0 unspecified atom stereocenters. The Morgan fingerprint density at radius 2 is 2.05 bits per heavy atom. The fraction of sp³-hybridized carbons (Fsp3) is 0.533. The van der Waals surface area contributed by atoms with E-state index in [2.05, 4.69) is 12.2 Å². The Hall–Kier alpha value is -1.06. The summed E-state index contributed by atoms with van der Waals surface area (Å²) in [5, 5.41) is 3.92. The zero-order valence-corrected chi connectivity index (χ0v) is 12.1. The van der Waals surface area contributed by atoms with Gasteiger partial charge in [0.05, 0.1) is 10.6 Å². The standard InChI is InChI=1S/C15H21ClN2O/c1-2-17-11-12-7-9-18(10-8-12)15(19)13-5-3-4-6-14(13)16/h3-6,12,17H,2,7-11H2,1H3. The summed E-state index contributed by atoms with van der Waals surface area (Å²) in [4.78, 5) is 14.3. The molecular formula is C15H21ClN2O. The molecular weight excluding hydrogens is 260 g/mol. The van der Waals surface area contributed by atoms with Crippen molar-refractivity contribution in [1.29, 1.82) is 0 Å². The topological polar surface area (TPSA) is 32.3 Å². The zero-order valence-electron chi connectivity index (χ0n) is 11.4. The van der Waals surface area contributed by atoms with Gasteiger partial charge in [0.25, 0.3) is 5.91 Å². The maximum Gasteiger partial charge on any atom is 0.255 e. The Bertz CT molecular complexity index is 428. The summed E-state index contributed by atoms with van der Waals surface area (Å²) in [6.07, 6.45) is 2.15. The normalized spacial score (nSPS) is 16.6. The molecule has 0 aliphatic carbocycles. The van der Waals surface area contributed by atoms with Crippen molar-refractivity contribution in [3.05, 3.63) is 34.9 Å². The average molecular weight is 281 g/mol. The molecule has 0 aromatic heterocycles. The van der Waals surface area contributed by atoms with Gasteiger partial charge in [-0.25, -0.2) is 0 Å². The van der Waals surface area contributed by atoms with E-state index in [0.29, 0.717) is 16.5 Å². The van der Waals surface area contributed by atoms with E-state index in [-0.39, 0.29) is 5.91 Å². The summed E-state index contributed by atoms with van der Waals surface area (Å²) >= 11 is 6.08. The number of amides is 1. The van der Waals surface area contributed by atoms with Gasteiger partial charge in [-0.3, -0.25) is 4.79 Å². The van der Waals surface area contributed by atoms with Crippen molar-refractivity contribution in [3.8, 4) is 0 Å². The summed E-state index contributed by atoms with van der Waals surface area (Å²) in [7, 11) is 0. The summed E-state index contributed by atoms with van der Waals surface area (Å²) in [6.45, 7) is 5.86. The van der Waals surface area contributed by atoms with E-state index in [1.165, 1.54) is 0 Å². The molecule has 1 aliphatic rings. The van der Waals surface area contributed by atoms with Crippen molar-refractivity contribution in [2.75, 3.05) is 26.2 Å². The molecule has 4 heteroatoms. The van der Waals surface area contributed by atoms with Gasteiger partial charge in [0.2, 0.25) is 0 Å². The maximum atomic E-state index is 12.4. The van der Waals surface area contributed by atoms with E-state index in [1.807, 2.05) is 17.0 Å². The van der Waals surface area contributed by atoms with Crippen molar-refractivity contribution < 1.29 is 4.79 Å². The summed E-state index contributed by atoms with van der Waals surface area (Å²) in [5.41, 5.74) is 0.620. The first-order valence-corrected chi connectivity index (χ1v) is 7.34. The Balaban J connectivity index is 1.91. The molecule has 1 aliphatic heterocycles. The van der Waals surface area contributed by atoms with Crippen LogP contribution < -0.4 is 5.32 Å². The first kappa shape index (κ1) is 14.4. The number of hydrogen-bond donors (Lipinski definition) is 1. The smallest absolute Gasteiger partial charge is 0.255 e. The van der Waals surface area contributed by atoms with Crippen molar-refractivity contribution >= 4 is 17.5 Å². The molecule has 1 aromatic rings. The molecule has 1 saturated heterocycles. The minimum atomic E-state index is 0.0625. The Morgan fingerprint density at radius 1 is 1.37 bits per heavy atom. The molecule has 0 saturated carbocycles. The van der Waals surface area contributed by atoms with Crippen LogP contribution in [0.1, 0.15) is 30.1 Å². The molecule has 1 heterocycles. The van der Waals surface area contributed by atoms with Crippen LogP contribution in [0.3, 0.4) is 0 Å². The predicted molar refractivity (Wildman–Crippen MR) is 78.6 cm³/mol. The summed E-state index contributed by atoms with van der Waals surface area (Å²) in [6, 6.07) is 7.28. The number of nitrogens with zero attached hydrogens (tertiary/aromatic N) is 1. The van der Waals surface area contributed by atoms with Crippen LogP contribution in [0.15, 0.2) is 24.3 Å². The molecule has 104 valence electrons. The van der Waals surface area contributed by atoms with Crippen LogP contribution in [-0.4, -0.2) is 37.0 Å². The Labute approximate surface area is 119 Å². The number of rotatable bonds is 4. The molecule has 19 heavy (non-hydrogen) atoms. The van der Waals surface area contributed by atoms with Gasteiger partial charge < -0.3 is 10.2 Å². The van der Waals surface area contributed by atoms with Gasteiger partial charge in [0.1, 0.15) is 0 Å². The summed E-state index contributed by atoms with van der Waals surface area (Å²) < 4.78 is 0. The third-order valence-corrected chi connectivity index (χ3v) is 4.02. The van der Waals surface area contributed by atoms with Crippen LogP contribution in [0.5, 0.6) is 0 Å². The van der Waals surface area contributed by atoms with Gasteiger partial charge in [0.15, 0.2) is 0 Å². The van der Waals surface area contributed by atoms with Gasteiger partial charge in [-0.1, -0.05) is 30.7 Å².